The lowest BCUT2D eigenvalue weighted by Gasteiger charge is -2.26. The monoisotopic (exact) mass is 330 g/mol. The predicted molar refractivity (Wildman–Crippen MR) is 97.2 cm³/mol. The second kappa shape index (κ2) is 7.90. The third-order valence-electron chi connectivity index (χ3n) is 4.43. The van der Waals surface area contributed by atoms with E-state index in [0.29, 0.717) is 12.5 Å². The first-order chi connectivity index (χ1) is 11.3. The number of nitrogens with one attached hydrogen (secondary N) is 1. The molecule has 0 saturated heterocycles. The number of hydrogen-bond acceptors (Lipinski definition) is 4. The molecule has 132 valence electrons. The lowest BCUT2D eigenvalue weighted by molar-refractivity contribution is 0.0430. The molecule has 5 nitrogen and oxygen atoms in total. The highest BCUT2D eigenvalue weighted by molar-refractivity contribution is 5.29. The van der Waals surface area contributed by atoms with Gasteiger partial charge >= 0.3 is 0 Å². The molecular weight excluding hydrogens is 300 g/mol. The minimum absolute atomic E-state index is 0.119. The number of pyridine rings is 1. The van der Waals surface area contributed by atoms with E-state index in [9.17, 15) is 5.11 Å². The van der Waals surface area contributed by atoms with Crippen LogP contribution in [0.4, 0.5) is 0 Å². The maximum absolute atomic E-state index is 10.5. The van der Waals surface area contributed by atoms with Gasteiger partial charge in [-0.05, 0) is 51.7 Å². The lowest BCUT2D eigenvalue weighted by atomic mass is 9.95. The maximum atomic E-state index is 10.5. The Morgan fingerprint density at radius 2 is 2.04 bits per heavy atom. The summed E-state index contributed by atoms with van der Waals surface area (Å²) in [6, 6.07) is 5.91. The van der Waals surface area contributed by atoms with Gasteiger partial charge in [-0.1, -0.05) is 19.9 Å². The number of nitrogens with zero attached hydrogens (tertiary/aromatic N) is 3. The second-order valence-corrected chi connectivity index (χ2v) is 7.32. The van der Waals surface area contributed by atoms with Crippen molar-refractivity contribution in [3.63, 3.8) is 0 Å². The second-order valence-electron chi connectivity index (χ2n) is 7.32. The van der Waals surface area contributed by atoms with Crippen molar-refractivity contribution in [1.29, 1.82) is 0 Å². The normalized spacial score (nSPS) is 15.5. The topological polar surface area (TPSA) is 63.0 Å². The molecule has 0 aromatic carbocycles. The third kappa shape index (κ3) is 4.89. The van der Waals surface area contributed by atoms with E-state index in [4.69, 9.17) is 0 Å². The summed E-state index contributed by atoms with van der Waals surface area (Å²) in [5.74, 6) is 1.42. The van der Waals surface area contributed by atoms with Gasteiger partial charge in [-0.25, -0.2) is 9.67 Å². The summed E-state index contributed by atoms with van der Waals surface area (Å²) in [4.78, 5) is 4.35. The largest absolute Gasteiger partial charge is 0.389 e. The number of aliphatic hydroxyl groups is 1. The van der Waals surface area contributed by atoms with Gasteiger partial charge in [-0.15, -0.1) is 0 Å². The molecule has 2 heterocycles. The van der Waals surface area contributed by atoms with Crippen molar-refractivity contribution in [2.45, 2.75) is 59.1 Å². The first-order valence-corrected chi connectivity index (χ1v) is 8.72. The van der Waals surface area contributed by atoms with Gasteiger partial charge in [0.1, 0.15) is 0 Å². The minimum atomic E-state index is -0.691. The van der Waals surface area contributed by atoms with Gasteiger partial charge in [0.15, 0.2) is 5.82 Å². The van der Waals surface area contributed by atoms with Crippen LogP contribution in [0.2, 0.25) is 0 Å². The molecule has 0 saturated carbocycles. The van der Waals surface area contributed by atoms with Crippen molar-refractivity contribution in [2.75, 3.05) is 6.54 Å². The average Bonchev–Trinajstić information content (AvgIpc) is 2.93. The molecule has 2 N–H and O–H groups in total. The van der Waals surface area contributed by atoms with Gasteiger partial charge < -0.3 is 10.4 Å². The molecule has 0 fully saturated rings. The molecule has 0 aliphatic heterocycles. The number of rotatable bonds is 8. The van der Waals surface area contributed by atoms with E-state index in [1.807, 2.05) is 42.9 Å². The minimum Gasteiger partial charge on any atom is -0.389 e. The molecule has 2 atom stereocenters. The Bertz CT molecular complexity index is 634. The summed E-state index contributed by atoms with van der Waals surface area (Å²) in [7, 11) is 0. The van der Waals surface area contributed by atoms with Gasteiger partial charge in [-0.3, -0.25) is 0 Å². The van der Waals surface area contributed by atoms with Crippen molar-refractivity contribution >= 4 is 0 Å². The first kappa shape index (κ1) is 18.6. The molecule has 2 aromatic rings. The Labute approximate surface area is 145 Å². The number of hydrogen-bond donors (Lipinski definition) is 2. The van der Waals surface area contributed by atoms with Crippen LogP contribution in [0.25, 0.3) is 5.82 Å². The standard InChI is InChI=1S/C19H30N4O/c1-14(2)9-10-19(5,24)13-21-15(3)17-12-22-23(16(17)4)18-8-6-7-11-20-18/h6-8,11-12,14-15,21,24H,9-10,13H2,1-5H3. The molecule has 0 aliphatic carbocycles. The van der Waals surface area contributed by atoms with E-state index in [0.717, 1.165) is 29.9 Å². The fourth-order valence-electron chi connectivity index (χ4n) is 2.73. The molecule has 2 aromatic heterocycles. The summed E-state index contributed by atoms with van der Waals surface area (Å²) in [5.41, 5.74) is 1.50. The molecular formula is C19H30N4O. The Hall–Kier alpha value is -1.72. The molecule has 0 spiro atoms. The van der Waals surface area contributed by atoms with Gasteiger partial charge in [0.2, 0.25) is 0 Å². The summed E-state index contributed by atoms with van der Waals surface area (Å²) in [6.45, 7) is 11.0. The quantitative estimate of drug-likeness (QED) is 0.778. The van der Waals surface area contributed by atoms with Crippen LogP contribution in [0.5, 0.6) is 0 Å². The maximum Gasteiger partial charge on any atom is 0.153 e. The Morgan fingerprint density at radius 1 is 1.29 bits per heavy atom. The van der Waals surface area contributed by atoms with E-state index >= 15 is 0 Å². The van der Waals surface area contributed by atoms with Gasteiger partial charge in [0.25, 0.3) is 0 Å². The van der Waals surface area contributed by atoms with E-state index in [-0.39, 0.29) is 6.04 Å². The molecule has 24 heavy (non-hydrogen) atoms. The zero-order valence-corrected chi connectivity index (χ0v) is 15.5. The van der Waals surface area contributed by atoms with E-state index in [2.05, 4.69) is 36.2 Å². The Balaban J connectivity index is 2.01. The Morgan fingerprint density at radius 3 is 2.67 bits per heavy atom. The molecule has 2 rings (SSSR count). The molecule has 0 radical (unpaired) electrons. The zero-order chi connectivity index (χ0) is 17.7. The van der Waals surface area contributed by atoms with Gasteiger partial charge in [-0.2, -0.15) is 5.10 Å². The summed E-state index contributed by atoms with van der Waals surface area (Å²) in [5, 5.41) is 18.4. The SMILES string of the molecule is Cc1c(C(C)NCC(C)(O)CCC(C)C)cnn1-c1ccccn1. The van der Waals surface area contributed by atoms with Crippen LogP contribution in [0.1, 0.15) is 57.8 Å². The smallest absolute Gasteiger partial charge is 0.153 e. The zero-order valence-electron chi connectivity index (χ0n) is 15.5. The molecule has 0 amide bonds. The van der Waals surface area contributed by atoms with E-state index in [1.165, 1.54) is 0 Å². The van der Waals surface area contributed by atoms with Crippen LogP contribution in [0.3, 0.4) is 0 Å². The highest BCUT2D eigenvalue weighted by atomic mass is 16.3. The van der Waals surface area contributed by atoms with Crippen LogP contribution in [-0.2, 0) is 0 Å². The molecule has 0 aliphatic rings. The lowest BCUT2D eigenvalue weighted by Crippen LogP contribution is -2.39. The van der Waals surface area contributed by atoms with Crippen LogP contribution in [-0.4, -0.2) is 32.0 Å². The van der Waals surface area contributed by atoms with Crippen molar-refractivity contribution in [1.82, 2.24) is 20.1 Å². The Kier molecular flexibility index (Phi) is 6.13. The van der Waals surface area contributed by atoms with Crippen molar-refractivity contribution in [3.8, 4) is 5.82 Å². The van der Waals surface area contributed by atoms with Crippen molar-refractivity contribution < 1.29 is 5.11 Å². The summed E-state index contributed by atoms with van der Waals surface area (Å²) in [6.07, 6.45) is 5.48. The highest BCUT2D eigenvalue weighted by Crippen LogP contribution is 2.21. The summed E-state index contributed by atoms with van der Waals surface area (Å²) < 4.78 is 1.85. The van der Waals surface area contributed by atoms with Gasteiger partial charge in [0, 0.05) is 30.0 Å². The van der Waals surface area contributed by atoms with E-state index < -0.39 is 5.60 Å². The molecule has 5 heteroatoms. The van der Waals surface area contributed by atoms with Crippen LogP contribution < -0.4 is 5.32 Å². The third-order valence-corrected chi connectivity index (χ3v) is 4.43. The highest BCUT2D eigenvalue weighted by Gasteiger charge is 2.22. The predicted octanol–water partition coefficient (Wildman–Crippen LogP) is 3.41. The summed E-state index contributed by atoms with van der Waals surface area (Å²) >= 11 is 0. The fraction of sp³-hybridized carbons (Fsp3) is 0.579. The molecule has 2 unspecified atom stereocenters. The van der Waals surface area contributed by atoms with Crippen LogP contribution in [0.15, 0.2) is 30.6 Å². The van der Waals surface area contributed by atoms with Crippen molar-refractivity contribution in [2.24, 2.45) is 5.92 Å². The number of aromatic nitrogens is 3. The van der Waals surface area contributed by atoms with Crippen LogP contribution >= 0.6 is 0 Å². The van der Waals surface area contributed by atoms with E-state index in [1.54, 1.807) is 6.20 Å². The van der Waals surface area contributed by atoms with Crippen LogP contribution in [0, 0.1) is 12.8 Å². The van der Waals surface area contributed by atoms with Gasteiger partial charge in [0.05, 0.1) is 11.8 Å². The molecule has 0 bridgehead atoms. The first-order valence-electron chi connectivity index (χ1n) is 8.72. The van der Waals surface area contributed by atoms with Crippen molar-refractivity contribution in [3.05, 3.63) is 41.9 Å². The fourth-order valence-corrected chi connectivity index (χ4v) is 2.73. The average molecular weight is 330 g/mol.